The highest BCUT2D eigenvalue weighted by Gasteiger charge is 2.26. The Bertz CT molecular complexity index is 652. The Kier molecular flexibility index (Phi) is 6.45. The van der Waals surface area contributed by atoms with Crippen molar-refractivity contribution in [1.82, 2.24) is 0 Å². The number of aromatic hydroxyl groups is 2. The Labute approximate surface area is 147 Å². The Morgan fingerprint density at radius 1 is 1.08 bits per heavy atom. The predicted molar refractivity (Wildman–Crippen MR) is 92.7 cm³/mol. The number of cyclic esters (lactones) is 1. The summed E-state index contributed by atoms with van der Waals surface area (Å²) in [6, 6.07) is 1.14. The summed E-state index contributed by atoms with van der Waals surface area (Å²) in [5, 5.41) is 40.1. The van der Waals surface area contributed by atoms with E-state index in [4.69, 9.17) is 4.74 Å². The number of benzene rings is 1. The molecule has 0 fully saturated rings. The van der Waals surface area contributed by atoms with Gasteiger partial charge in [-0.15, -0.1) is 0 Å². The van der Waals surface area contributed by atoms with Gasteiger partial charge in [-0.05, 0) is 50.7 Å². The van der Waals surface area contributed by atoms with Gasteiger partial charge in [-0.3, -0.25) is 0 Å². The molecule has 138 valence electrons. The molecule has 6 heteroatoms. The highest BCUT2D eigenvalue weighted by atomic mass is 16.5. The van der Waals surface area contributed by atoms with E-state index in [1.54, 1.807) is 13.8 Å². The van der Waals surface area contributed by atoms with Crippen LogP contribution in [-0.2, 0) is 11.2 Å². The standard InChI is InChI=1S/C19H26O6/c1-11-9-16(22)14(20)8-6-4-3-5-7-13-12(2)15(21)10-17(23)18(13)19(24)25-11/h3-4,10-11,14,16,20-23H,5-9H2,1-2H3/b4-3+/t11-,14?,16?/m1/s1. The average molecular weight is 350 g/mol. The topological polar surface area (TPSA) is 107 Å². The molecule has 0 aliphatic carbocycles. The number of esters is 1. The maximum absolute atomic E-state index is 12.5. The normalized spacial score (nSPS) is 27.0. The maximum atomic E-state index is 12.5. The summed E-state index contributed by atoms with van der Waals surface area (Å²) in [5.74, 6) is -1.10. The monoisotopic (exact) mass is 350 g/mol. The lowest BCUT2D eigenvalue weighted by atomic mass is 9.95. The number of fused-ring (bicyclic) bond motifs is 1. The molecule has 6 nitrogen and oxygen atoms in total. The number of hydrogen-bond acceptors (Lipinski definition) is 6. The summed E-state index contributed by atoms with van der Waals surface area (Å²) in [6.07, 6.45) is 3.57. The van der Waals surface area contributed by atoms with Crippen LogP contribution in [0.3, 0.4) is 0 Å². The summed E-state index contributed by atoms with van der Waals surface area (Å²) in [7, 11) is 0. The molecule has 1 aliphatic rings. The van der Waals surface area contributed by atoms with Gasteiger partial charge in [0.05, 0.1) is 12.2 Å². The third kappa shape index (κ3) is 4.74. The maximum Gasteiger partial charge on any atom is 0.342 e. The van der Waals surface area contributed by atoms with Crippen molar-refractivity contribution in [2.45, 2.75) is 64.3 Å². The first-order chi connectivity index (χ1) is 11.8. The van der Waals surface area contributed by atoms with Crippen LogP contribution >= 0.6 is 0 Å². The number of rotatable bonds is 0. The van der Waals surface area contributed by atoms with Crippen molar-refractivity contribution in [3.05, 3.63) is 34.9 Å². The van der Waals surface area contributed by atoms with Crippen molar-refractivity contribution in [3.63, 3.8) is 0 Å². The summed E-state index contributed by atoms with van der Waals surface area (Å²) in [5.41, 5.74) is 1.13. The number of ether oxygens (including phenoxy) is 1. The van der Waals surface area contributed by atoms with Gasteiger partial charge in [0.1, 0.15) is 23.2 Å². The van der Waals surface area contributed by atoms with Crippen LogP contribution in [0.4, 0.5) is 0 Å². The Hall–Kier alpha value is -2.05. The van der Waals surface area contributed by atoms with Crippen molar-refractivity contribution in [2.75, 3.05) is 0 Å². The highest BCUT2D eigenvalue weighted by molar-refractivity contribution is 5.95. The smallest absolute Gasteiger partial charge is 0.342 e. The molecule has 1 aromatic carbocycles. The Morgan fingerprint density at radius 3 is 2.48 bits per heavy atom. The molecule has 2 rings (SSSR count). The van der Waals surface area contributed by atoms with Crippen LogP contribution in [0.15, 0.2) is 18.2 Å². The minimum Gasteiger partial charge on any atom is -0.508 e. The van der Waals surface area contributed by atoms with Crippen LogP contribution in [0.1, 0.15) is 54.1 Å². The van der Waals surface area contributed by atoms with Crippen LogP contribution in [0, 0.1) is 6.92 Å². The van der Waals surface area contributed by atoms with Crippen molar-refractivity contribution in [2.24, 2.45) is 0 Å². The van der Waals surface area contributed by atoms with E-state index < -0.39 is 24.3 Å². The molecule has 1 aliphatic heterocycles. The number of aliphatic hydroxyl groups excluding tert-OH is 2. The second-order valence-electron chi connectivity index (χ2n) is 6.57. The number of carbonyl (C=O) groups is 1. The molecule has 25 heavy (non-hydrogen) atoms. The van der Waals surface area contributed by atoms with Crippen molar-refractivity contribution in [1.29, 1.82) is 0 Å². The summed E-state index contributed by atoms with van der Waals surface area (Å²) in [6.45, 7) is 3.32. The van der Waals surface area contributed by atoms with Crippen LogP contribution in [0.5, 0.6) is 11.5 Å². The van der Waals surface area contributed by atoms with E-state index in [2.05, 4.69) is 0 Å². The molecule has 3 atom stereocenters. The molecule has 0 saturated heterocycles. The van der Waals surface area contributed by atoms with Crippen molar-refractivity contribution < 1.29 is 30.0 Å². The average Bonchev–Trinajstić information content (AvgIpc) is 2.53. The van der Waals surface area contributed by atoms with Gasteiger partial charge < -0.3 is 25.2 Å². The molecule has 1 heterocycles. The fourth-order valence-corrected chi connectivity index (χ4v) is 3.06. The number of allylic oxidation sites excluding steroid dienone is 2. The van der Waals surface area contributed by atoms with Gasteiger partial charge in [0.25, 0.3) is 0 Å². The number of phenolic OH excluding ortho intramolecular Hbond substituents is 2. The van der Waals surface area contributed by atoms with Gasteiger partial charge in [-0.1, -0.05) is 12.2 Å². The zero-order chi connectivity index (χ0) is 18.6. The lowest BCUT2D eigenvalue weighted by Crippen LogP contribution is -2.31. The Morgan fingerprint density at radius 2 is 1.76 bits per heavy atom. The zero-order valence-electron chi connectivity index (χ0n) is 14.6. The minimum absolute atomic E-state index is 0.0441. The van der Waals surface area contributed by atoms with E-state index in [1.165, 1.54) is 0 Å². The van der Waals surface area contributed by atoms with Crippen molar-refractivity contribution in [3.8, 4) is 11.5 Å². The second kappa shape index (κ2) is 8.36. The first kappa shape index (κ1) is 19.3. The largest absolute Gasteiger partial charge is 0.508 e. The minimum atomic E-state index is -0.992. The van der Waals surface area contributed by atoms with Crippen molar-refractivity contribution >= 4 is 5.97 Å². The van der Waals surface area contributed by atoms with Crippen LogP contribution in [0.2, 0.25) is 0 Å². The van der Waals surface area contributed by atoms with Gasteiger partial charge in [0.15, 0.2) is 0 Å². The van der Waals surface area contributed by atoms with E-state index in [0.29, 0.717) is 36.8 Å². The molecule has 0 amide bonds. The van der Waals surface area contributed by atoms with Crippen LogP contribution < -0.4 is 0 Å². The van der Waals surface area contributed by atoms with Gasteiger partial charge in [-0.25, -0.2) is 4.79 Å². The summed E-state index contributed by atoms with van der Waals surface area (Å²) < 4.78 is 5.35. The zero-order valence-corrected chi connectivity index (χ0v) is 14.6. The van der Waals surface area contributed by atoms with Gasteiger partial charge in [-0.2, -0.15) is 0 Å². The molecule has 0 radical (unpaired) electrons. The molecule has 1 aromatic rings. The third-order valence-electron chi connectivity index (χ3n) is 4.55. The lowest BCUT2D eigenvalue weighted by molar-refractivity contribution is -0.0223. The number of carbonyl (C=O) groups excluding carboxylic acids is 1. The van der Waals surface area contributed by atoms with E-state index in [-0.39, 0.29) is 23.5 Å². The number of phenols is 2. The molecule has 0 spiro atoms. The van der Waals surface area contributed by atoms with Gasteiger partial charge in [0.2, 0.25) is 0 Å². The predicted octanol–water partition coefficient (Wildman–Crippen LogP) is 2.35. The fourth-order valence-electron chi connectivity index (χ4n) is 3.06. The Balaban J connectivity index is 2.38. The van der Waals surface area contributed by atoms with Gasteiger partial charge >= 0.3 is 5.97 Å². The molecule has 2 unspecified atom stereocenters. The summed E-state index contributed by atoms with van der Waals surface area (Å²) >= 11 is 0. The van der Waals surface area contributed by atoms with E-state index in [0.717, 1.165) is 6.07 Å². The second-order valence-corrected chi connectivity index (χ2v) is 6.57. The molecular weight excluding hydrogens is 324 g/mol. The summed E-state index contributed by atoms with van der Waals surface area (Å²) in [4.78, 5) is 12.5. The third-order valence-corrected chi connectivity index (χ3v) is 4.55. The fraction of sp³-hybridized carbons (Fsp3) is 0.526. The van der Waals surface area contributed by atoms with E-state index in [9.17, 15) is 25.2 Å². The SMILES string of the molecule is Cc1c(O)cc(O)c2c1CC/C=C/CCC(O)C(O)C[C@@H](C)OC2=O. The van der Waals surface area contributed by atoms with E-state index >= 15 is 0 Å². The van der Waals surface area contributed by atoms with Crippen LogP contribution in [-0.4, -0.2) is 44.7 Å². The first-order valence-electron chi connectivity index (χ1n) is 8.57. The molecule has 0 saturated carbocycles. The lowest BCUT2D eigenvalue weighted by Gasteiger charge is -2.22. The van der Waals surface area contributed by atoms with E-state index in [1.807, 2.05) is 12.2 Å². The first-order valence-corrected chi connectivity index (χ1v) is 8.57. The van der Waals surface area contributed by atoms with Crippen LogP contribution in [0.25, 0.3) is 0 Å². The highest BCUT2D eigenvalue weighted by Crippen LogP contribution is 2.33. The van der Waals surface area contributed by atoms with Gasteiger partial charge in [0, 0.05) is 12.5 Å². The molecule has 4 N–H and O–H groups in total. The number of aliphatic hydroxyl groups is 2. The number of hydrogen-bond donors (Lipinski definition) is 4. The molecule has 0 aromatic heterocycles. The molecule has 0 bridgehead atoms. The quantitative estimate of drug-likeness (QED) is 0.423. The molecular formula is C19H26O6.